The maximum atomic E-state index is 10.9. The summed E-state index contributed by atoms with van der Waals surface area (Å²) in [5, 5.41) is 22.7. The Kier molecular flexibility index (Phi) is 3.13. The van der Waals surface area contributed by atoms with Crippen molar-refractivity contribution in [1.82, 2.24) is 25.1 Å². The molecule has 2 N–H and O–H groups in total. The van der Waals surface area contributed by atoms with Gasteiger partial charge in [-0.25, -0.2) is 4.68 Å². The van der Waals surface area contributed by atoms with Crippen LogP contribution in [0.25, 0.3) is 17.3 Å². The van der Waals surface area contributed by atoms with Gasteiger partial charge in [-0.1, -0.05) is 16.4 Å². The van der Waals surface area contributed by atoms with Gasteiger partial charge in [0.05, 0.1) is 22.3 Å². The molecule has 1 aromatic carbocycles. The molecule has 0 atom stereocenters. The summed E-state index contributed by atoms with van der Waals surface area (Å²) >= 11 is 0. The molecular weight excluding hydrogens is 314 g/mol. The molecule has 3 aromatic rings. The Balaban J connectivity index is 1.63. The minimum Gasteiger partial charge on any atom is -0.332 e. The van der Waals surface area contributed by atoms with Gasteiger partial charge in [-0.3, -0.25) is 10.1 Å². The highest BCUT2D eigenvalue weighted by Crippen LogP contribution is 2.37. The second-order valence-electron chi connectivity index (χ2n) is 5.76. The van der Waals surface area contributed by atoms with Crippen LogP contribution in [0.3, 0.4) is 0 Å². The van der Waals surface area contributed by atoms with E-state index >= 15 is 0 Å². The van der Waals surface area contributed by atoms with Crippen molar-refractivity contribution >= 4 is 5.69 Å². The van der Waals surface area contributed by atoms with E-state index in [0.29, 0.717) is 17.2 Å². The third-order valence-corrected chi connectivity index (χ3v) is 4.13. The van der Waals surface area contributed by atoms with Gasteiger partial charge in [0.2, 0.25) is 0 Å². The number of nitrogens with zero attached hydrogens (tertiary/aromatic N) is 6. The monoisotopic (exact) mass is 327 g/mol. The van der Waals surface area contributed by atoms with Gasteiger partial charge in [0, 0.05) is 12.1 Å². The zero-order valence-corrected chi connectivity index (χ0v) is 12.5. The van der Waals surface area contributed by atoms with E-state index in [0.717, 1.165) is 19.3 Å². The fraction of sp³-hybridized carbons (Fsp3) is 0.286. The number of rotatable bonds is 4. The van der Waals surface area contributed by atoms with Crippen LogP contribution in [-0.2, 0) is 5.54 Å². The van der Waals surface area contributed by atoms with Crippen LogP contribution in [0.4, 0.5) is 5.69 Å². The molecule has 0 aliphatic heterocycles. The van der Waals surface area contributed by atoms with Crippen molar-refractivity contribution < 1.29 is 9.45 Å². The first-order valence-corrected chi connectivity index (χ1v) is 7.36. The van der Waals surface area contributed by atoms with Crippen LogP contribution in [0, 0.1) is 10.1 Å². The van der Waals surface area contributed by atoms with E-state index < -0.39 is 10.5 Å². The van der Waals surface area contributed by atoms with Crippen molar-refractivity contribution in [3.63, 3.8) is 0 Å². The maximum Gasteiger partial charge on any atom is 0.280 e. The molecule has 0 bridgehead atoms. The molecule has 1 aliphatic rings. The number of non-ortho nitro benzene ring substituents is 1. The van der Waals surface area contributed by atoms with Gasteiger partial charge >= 0.3 is 0 Å². The van der Waals surface area contributed by atoms with Gasteiger partial charge in [-0.15, -0.1) is 5.10 Å². The Morgan fingerprint density at radius 2 is 2.21 bits per heavy atom. The van der Waals surface area contributed by atoms with Crippen molar-refractivity contribution in [3.05, 3.63) is 46.4 Å². The van der Waals surface area contributed by atoms with Crippen molar-refractivity contribution in [2.45, 2.75) is 24.8 Å². The summed E-state index contributed by atoms with van der Waals surface area (Å²) < 4.78 is 6.63. The van der Waals surface area contributed by atoms with Gasteiger partial charge in [0.25, 0.3) is 11.6 Å². The summed E-state index contributed by atoms with van der Waals surface area (Å²) in [7, 11) is 0. The van der Waals surface area contributed by atoms with E-state index in [2.05, 4.69) is 20.5 Å². The van der Waals surface area contributed by atoms with Crippen LogP contribution in [0.1, 0.15) is 25.1 Å². The lowest BCUT2D eigenvalue weighted by Crippen LogP contribution is -2.44. The van der Waals surface area contributed by atoms with E-state index in [9.17, 15) is 10.1 Å². The summed E-state index contributed by atoms with van der Waals surface area (Å²) in [6.45, 7) is 0. The van der Waals surface area contributed by atoms with Crippen molar-refractivity contribution in [3.8, 4) is 17.3 Å². The highest BCUT2D eigenvalue weighted by atomic mass is 16.6. The number of nitrogens with two attached hydrogens (primary N) is 1. The molecule has 10 nitrogen and oxygen atoms in total. The summed E-state index contributed by atoms with van der Waals surface area (Å²) in [5.41, 5.74) is 6.51. The molecule has 1 fully saturated rings. The summed E-state index contributed by atoms with van der Waals surface area (Å²) in [5.74, 6) is 0.687. The molecule has 0 saturated heterocycles. The zero-order valence-electron chi connectivity index (χ0n) is 12.5. The Labute approximate surface area is 135 Å². The highest BCUT2D eigenvalue weighted by Gasteiger charge is 2.39. The summed E-state index contributed by atoms with van der Waals surface area (Å²) in [4.78, 5) is 14.7. The standard InChI is InChI=1S/C14H13N7O3/c15-14(5-2-6-14)13-16-12(24-18-13)11-8-20(19-17-11)9-3-1-4-10(7-9)21(22)23/h1,3-4,7-8H,2,5-6,15H2. The van der Waals surface area contributed by atoms with Crippen LogP contribution >= 0.6 is 0 Å². The molecule has 0 radical (unpaired) electrons. The maximum absolute atomic E-state index is 10.9. The lowest BCUT2D eigenvalue weighted by Gasteiger charge is -2.34. The largest absolute Gasteiger partial charge is 0.332 e. The topological polar surface area (TPSA) is 139 Å². The third kappa shape index (κ3) is 2.33. The molecule has 10 heteroatoms. The normalized spacial score (nSPS) is 15.9. The lowest BCUT2D eigenvalue weighted by molar-refractivity contribution is -0.384. The van der Waals surface area contributed by atoms with Crippen LogP contribution in [0.15, 0.2) is 35.0 Å². The predicted molar refractivity (Wildman–Crippen MR) is 81.0 cm³/mol. The number of hydrogen-bond acceptors (Lipinski definition) is 8. The van der Waals surface area contributed by atoms with E-state index in [1.807, 2.05) is 0 Å². The van der Waals surface area contributed by atoms with Crippen molar-refractivity contribution in [1.29, 1.82) is 0 Å². The molecule has 2 aromatic heterocycles. The zero-order chi connectivity index (χ0) is 16.7. The Hall–Kier alpha value is -3.14. The number of nitro benzene ring substituents is 1. The van der Waals surface area contributed by atoms with Crippen LogP contribution < -0.4 is 5.73 Å². The minimum absolute atomic E-state index is 0.0281. The first kappa shape index (κ1) is 14.5. The van der Waals surface area contributed by atoms with Gasteiger partial charge in [0.15, 0.2) is 11.5 Å². The van der Waals surface area contributed by atoms with Crippen molar-refractivity contribution in [2.75, 3.05) is 0 Å². The number of benzene rings is 1. The fourth-order valence-corrected chi connectivity index (χ4v) is 2.55. The third-order valence-electron chi connectivity index (χ3n) is 4.13. The average molecular weight is 327 g/mol. The fourth-order valence-electron chi connectivity index (χ4n) is 2.55. The molecule has 122 valence electrons. The quantitative estimate of drug-likeness (QED) is 0.562. The first-order chi connectivity index (χ1) is 11.5. The first-order valence-electron chi connectivity index (χ1n) is 7.36. The number of aromatic nitrogens is 5. The summed E-state index contributed by atoms with van der Waals surface area (Å²) in [6, 6.07) is 6.08. The van der Waals surface area contributed by atoms with Gasteiger partial charge in [0.1, 0.15) is 0 Å². The Bertz CT molecular complexity index is 912. The van der Waals surface area contributed by atoms with Gasteiger partial charge in [-0.05, 0) is 25.3 Å². The molecule has 1 aliphatic carbocycles. The van der Waals surface area contributed by atoms with Crippen molar-refractivity contribution in [2.24, 2.45) is 5.73 Å². The predicted octanol–water partition coefficient (Wildman–Crippen LogP) is 1.56. The smallest absolute Gasteiger partial charge is 0.280 e. The van der Waals surface area contributed by atoms with E-state index in [1.54, 1.807) is 18.3 Å². The second-order valence-corrected chi connectivity index (χ2v) is 5.76. The van der Waals surface area contributed by atoms with E-state index in [4.69, 9.17) is 10.3 Å². The van der Waals surface area contributed by atoms with Crippen LogP contribution in [0.5, 0.6) is 0 Å². The van der Waals surface area contributed by atoms with Gasteiger partial charge < -0.3 is 10.3 Å². The highest BCUT2D eigenvalue weighted by molar-refractivity contribution is 5.48. The average Bonchev–Trinajstić information content (AvgIpc) is 3.22. The summed E-state index contributed by atoms with van der Waals surface area (Å²) in [6.07, 6.45) is 4.27. The number of nitro groups is 1. The van der Waals surface area contributed by atoms with Gasteiger partial charge in [-0.2, -0.15) is 4.98 Å². The minimum atomic E-state index is -0.516. The molecule has 0 unspecified atom stereocenters. The molecule has 1 saturated carbocycles. The van der Waals surface area contributed by atoms with Crippen LogP contribution in [-0.4, -0.2) is 30.1 Å². The molecule has 0 amide bonds. The van der Waals surface area contributed by atoms with E-state index in [1.165, 1.54) is 16.8 Å². The second kappa shape index (κ2) is 5.20. The lowest BCUT2D eigenvalue weighted by atomic mass is 9.77. The number of hydrogen-bond donors (Lipinski definition) is 1. The molecule has 4 rings (SSSR count). The molecular formula is C14H13N7O3. The van der Waals surface area contributed by atoms with E-state index in [-0.39, 0.29) is 11.6 Å². The Morgan fingerprint density at radius 1 is 1.38 bits per heavy atom. The Morgan fingerprint density at radius 3 is 2.92 bits per heavy atom. The molecule has 24 heavy (non-hydrogen) atoms. The molecule has 0 spiro atoms. The van der Waals surface area contributed by atoms with Crippen LogP contribution in [0.2, 0.25) is 0 Å². The SMILES string of the molecule is NC1(c2noc(-c3cn(-c4cccc([N+](=O)[O-])c4)nn3)n2)CCC1. The molecule has 2 heterocycles.